The van der Waals surface area contributed by atoms with Gasteiger partial charge in [-0.25, -0.2) is 0 Å². The Kier molecular flexibility index (Phi) is 7.82. The molecule has 0 aromatic heterocycles. The number of nitrogens with two attached hydrogens (primary N) is 1. The van der Waals surface area contributed by atoms with E-state index >= 15 is 0 Å². The Bertz CT molecular complexity index is 1450. The van der Waals surface area contributed by atoms with Gasteiger partial charge in [0.1, 0.15) is 17.4 Å². The topological polar surface area (TPSA) is 124 Å². The third-order valence-electron chi connectivity index (χ3n) is 6.51. The number of Topliss-reactive ketones (excluding diaryl/α,β-unsaturated/α-hetero) is 1. The van der Waals surface area contributed by atoms with Crippen molar-refractivity contribution in [3.05, 3.63) is 76.4 Å². The second kappa shape index (κ2) is 11.0. The normalized spacial score (nSPS) is 18.4. The number of benzene rings is 2. The summed E-state index contributed by atoms with van der Waals surface area (Å²) in [6.07, 6.45) is -3.79. The largest absolute Gasteiger partial charge is 0.490 e. The Morgan fingerprint density at radius 2 is 1.93 bits per heavy atom. The number of amides is 1. The molecule has 2 aromatic rings. The second-order valence-electron chi connectivity index (χ2n) is 10.3. The molecule has 0 spiro atoms. The summed E-state index contributed by atoms with van der Waals surface area (Å²) in [5.41, 5.74) is 5.87. The maximum absolute atomic E-state index is 13.2. The zero-order valence-electron chi connectivity index (χ0n) is 22.1. The van der Waals surface area contributed by atoms with E-state index in [1.165, 1.54) is 18.2 Å². The molecule has 1 heterocycles. The van der Waals surface area contributed by atoms with Gasteiger partial charge in [-0.15, -0.1) is 0 Å². The number of hydrogen-bond donors (Lipinski definition) is 2. The van der Waals surface area contributed by atoms with Gasteiger partial charge in [-0.2, -0.15) is 18.4 Å². The van der Waals surface area contributed by atoms with Crippen LogP contribution in [0.3, 0.4) is 0 Å². The Balaban J connectivity index is 1.58. The molecule has 0 bridgehead atoms. The quantitative estimate of drug-likeness (QED) is 0.458. The number of carbonyl (C=O) groups is 2. The lowest BCUT2D eigenvalue weighted by molar-refractivity contribution is -0.137. The van der Waals surface area contributed by atoms with Crippen molar-refractivity contribution in [2.24, 2.45) is 11.1 Å². The maximum atomic E-state index is 13.2. The first-order valence-electron chi connectivity index (χ1n) is 12.5. The monoisotopic (exact) mass is 555 g/mol. The zero-order chi connectivity index (χ0) is 29.2. The first kappa shape index (κ1) is 28.5. The summed E-state index contributed by atoms with van der Waals surface area (Å²) in [7, 11) is 0. The van der Waals surface area contributed by atoms with E-state index in [-0.39, 0.29) is 52.9 Å². The van der Waals surface area contributed by atoms with Gasteiger partial charge >= 0.3 is 6.18 Å². The molecule has 2 aromatic carbocycles. The highest BCUT2D eigenvalue weighted by Crippen LogP contribution is 2.48. The van der Waals surface area contributed by atoms with Crippen LogP contribution in [0.15, 0.2) is 65.3 Å². The number of anilines is 1. The fourth-order valence-electron chi connectivity index (χ4n) is 4.82. The van der Waals surface area contributed by atoms with E-state index in [4.69, 9.17) is 19.9 Å². The molecule has 8 nitrogen and oxygen atoms in total. The van der Waals surface area contributed by atoms with Gasteiger partial charge in [-0.1, -0.05) is 26.0 Å². The van der Waals surface area contributed by atoms with E-state index in [0.29, 0.717) is 23.3 Å². The summed E-state index contributed by atoms with van der Waals surface area (Å²) in [4.78, 5) is 25.6. The Hall–Kier alpha value is -4.46. The van der Waals surface area contributed by atoms with Crippen molar-refractivity contribution in [2.75, 3.05) is 18.5 Å². The third-order valence-corrected chi connectivity index (χ3v) is 6.51. The van der Waals surface area contributed by atoms with Crippen LogP contribution < -0.4 is 20.5 Å². The molecule has 210 valence electrons. The van der Waals surface area contributed by atoms with Gasteiger partial charge in [0, 0.05) is 24.1 Å². The van der Waals surface area contributed by atoms with E-state index in [9.17, 15) is 28.0 Å². The van der Waals surface area contributed by atoms with Crippen molar-refractivity contribution in [3.63, 3.8) is 0 Å². The minimum absolute atomic E-state index is 0.0267. The standard InChI is InChI=1S/C29H28F3N3O5/c1-4-38-22-10-16(25-19(14-33)27(34)40-23-13-28(2,3)12-20(36)26(23)25)8-9-21(22)39-15-24(37)35-18-7-5-6-17(11-18)29(30,31)32/h5-11,25H,4,12-13,15,34H2,1-3H3,(H,35,37). The zero-order valence-corrected chi connectivity index (χ0v) is 22.1. The summed E-state index contributed by atoms with van der Waals surface area (Å²) in [5, 5.41) is 12.2. The predicted molar refractivity (Wildman–Crippen MR) is 139 cm³/mol. The minimum Gasteiger partial charge on any atom is -0.490 e. The second-order valence-corrected chi connectivity index (χ2v) is 10.3. The lowest BCUT2D eigenvalue weighted by atomic mass is 9.70. The molecule has 0 saturated carbocycles. The molecule has 0 radical (unpaired) electrons. The molecular formula is C29H28F3N3O5. The number of nitrogens with one attached hydrogen (secondary N) is 1. The smallest absolute Gasteiger partial charge is 0.416 e. The molecule has 1 aliphatic carbocycles. The Morgan fingerprint density at radius 3 is 2.60 bits per heavy atom. The number of ketones is 1. The molecule has 1 aliphatic heterocycles. The van der Waals surface area contributed by atoms with Gasteiger partial charge in [-0.05, 0) is 48.2 Å². The molecule has 1 atom stereocenters. The fourth-order valence-corrected chi connectivity index (χ4v) is 4.82. The van der Waals surface area contributed by atoms with Crippen LogP contribution in [0.5, 0.6) is 11.5 Å². The van der Waals surface area contributed by atoms with Crippen molar-refractivity contribution in [3.8, 4) is 17.6 Å². The molecule has 11 heteroatoms. The number of allylic oxidation sites excluding steroid dienone is 3. The van der Waals surface area contributed by atoms with Crippen LogP contribution in [0, 0.1) is 16.7 Å². The number of hydrogen-bond acceptors (Lipinski definition) is 7. The lowest BCUT2D eigenvalue weighted by Crippen LogP contribution is -2.33. The molecular weight excluding hydrogens is 527 g/mol. The first-order chi connectivity index (χ1) is 18.8. The number of halogens is 3. The SMILES string of the molecule is CCOc1cc(C2C(C#N)=C(N)OC3=C2C(=O)CC(C)(C)C3)ccc1OCC(=O)Nc1cccc(C(F)(F)F)c1. The molecule has 1 amide bonds. The Morgan fingerprint density at radius 1 is 1.18 bits per heavy atom. The number of alkyl halides is 3. The summed E-state index contributed by atoms with van der Waals surface area (Å²) in [5.74, 6) is -0.773. The van der Waals surface area contributed by atoms with Crippen molar-refractivity contribution < 1.29 is 37.0 Å². The maximum Gasteiger partial charge on any atom is 0.416 e. The van der Waals surface area contributed by atoms with Crippen LogP contribution in [-0.2, 0) is 20.5 Å². The van der Waals surface area contributed by atoms with E-state index < -0.39 is 30.2 Å². The van der Waals surface area contributed by atoms with Crippen molar-refractivity contribution in [1.82, 2.24) is 0 Å². The summed E-state index contributed by atoms with van der Waals surface area (Å²) < 4.78 is 56.0. The van der Waals surface area contributed by atoms with Crippen LogP contribution in [0.4, 0.5) is 18.9 Å². The van der Waals surface area contributed by atoms with Crippen LogP contribution in [0.1, 0.15) is 50.7 Å². The van der Waals surface area contributed by atoms with Crippen molar-refractivity contribution in [2.45, 2.75) is 45.7 Å². The van der Waals surface area contributed by atoms with E-state index in [0.717, 1.165) is 12.1 Å². The molecule has 40 heavy (non-hydrogen) atoms. The number of nitrogens with zero attached hydrogens (tertiary/aromatic N) is 1. The van der Waals surface area contributed by atoms with Gasteiger partial charge in [0.15, 0.2) is 23.9 Å². The van der Waals surface area contributed by atoms with Gasteiger partial charge < -0.3 is 25.3 Å². The van der Waals surface area contributed by atoms with Gasteiger partial charge in [0.05, 0.1) is 18.1 Å². The van der Waals surface area contributed by atoms with Crippen molar-refractivity contribution >= 4 is 17.4 Å². The molecule has 0 saturated heterocycles. The van der Waals surface area contributed by atoms with Gasteiger partial charge in [0.2, 0.25) is 5.88 Å². The van der Waals surface area contributed by atoms with Crippen LogP contribution >= 0.6 is 0 Å². The third kappa shape index (κ3) is 6.06. The minimum atomic E-state index is -4.55. The summed E-state index contributed by atoms with van der Waals surface area (Å²) in [6, 6.07) is 11.1. The lowest BCUT2D eigenvalue weighted by Gasteiger charge is -2.37. The van der Waals surface area contributed by atoms with Crippen LogP contribution in [-0.4, -0.2) is 24.9 Å². The average Bonchev–Trinajstić information content (AvgIpc) is 2.86. The summed E-state index contributed by atoms with van der Waals surface area (Å²) >= 11 is 0. The number of nitriles is 1. The van der Waals surface area contributed by atoms with E-state index in [2.05, 4.69) is 11.4 Å². The van der Waals surface area contributed by atoms with Crippen molar-refractivity contribution in [1.29, 1.82) is 5.26 Å². The highest BCUT2D eigenvalue weighted by atomic mass is 19.4. The fraction of sp³-hybridized carbons (Fsp3) is 0.345. The molecule has 0 fully saturated rings. The highest BCUT2D eigenvalue weighted by molar-refractivity contribution is 6.00. The average molecular weight is 556 g/mol. The highest BCUT2D eigenvalue weighted by Gasteiger charge is 2.43. The summed E-state index contributed by atoms with van der Waals surface area (Å²) in [6.45, 7) is 5.39. The number of ether oxygens (including phenoxy) is 3. The molecule has 2 aliphatic rings. The van der Waals surface area contributed by atoms with E-state index in [1.807, 2.05) is 13.8 Å². The molecule has 4 rings (SSSR count). The number of rotatable bonds is 7. The predicted octanol–water partition coefficient (Wildman–Crippen LogP) is 5.57. The van der Waals surface area contributed by atoms with Crippen LogP contribution in [0.2, 0.25) is 0 Å². The van der Waals surface area contributed by atoms with E-state index in [1.54, 1.807) is 19.1 Å². The Labute approximate surface area is 229 Å². The first-order valence-corrected chi connectivity index (χ1v) is 12.5. The van der Waals surface area contributed by atoms with Gasteiger partial charge in [0.25, 0.3) is 5.91 Å². The molecule has 3 N–H and O–H groups in total. The number of carbonyl (C=O) groups excluding carboxylic acids is 2. The molecule has 1 unspecified atom stereocenters. The van der Waals surface area contributed by atoms with Gasteiger partial charge in [-0.3, -0.25) is 9.59 Å². The van der Waals surface area contributed by atoms with Crippen LogP contribution in [0.25, 0.3) is 0 Å².